The Kier molecular flexibility index (Phi) is 3.41. The van der Waals surface area contributed by atoms with E-state index in [1.807, 2.05) is 35.9 Å². The predicted molar refractivity (Wildman–Crippen MR) is 86.4 cm³/mol. The second-order valence-corrected chi connectivity index (χ2v) is 4.95. The van der Waals surface area contributed by atoms with E-state index >= 15 is 0 Å². The molecule has 5 nitrogen and oxygen atoms in total. The van der Waals surface area contributed by atoms with Crippen LogP contribution in [0.15, 0.2) is 35.1 Å². The number of benzene rings is 2. The first-order chi connectivity index (χ1) is 10.6. The fourth-order valence-corrected chi connectivity index (χ4v) is 2.87. The molecule has 0 aliphatic rings. The minimum absolute atomic E-state index is 0.0528. The normalized spacial score (nSPS) is 10.9. The minimum Gasteiger partial charge on any atom is -0.493 e. The van der Waals surface area contributed by atoms with Crippen LogP contribution in [-0.4, -0.2) is 25.9 Å². The molecule has 0 spiro atoms. The fraction of sp³-hybridized carbons (Fsp3) is 0.235. The number of hydrogen-bond donors (Lipinski definition) is 0. The van der Waals surface area contributed by atoms with E-state index in [9.17, 15) is 4.79 Å². The van der Waals surface area contributed by atoms with Crippen LogP contribution in [0.4, 0.5) is 0 Å². The molecule has 0 amide bonds. The number of methoxy groups -OCH3 is 3. The molecule has 0 aliphatic heterocycles. The molecule has 114 valence electrons. The molecule has 0 saturated heterocycles. The minimum atomic E-state index is -0.0528. The van der Waals surface area contributed by atoms with E-state index < -0.39 is 0 Å². The lowest BCUT2D eigenvalue weighted by atomic mass is 10.1. The summed E-state index contributed by atoms with van der Waals surface area (Å²) in [5, 5.41) is 1.20. The summed E-state index contributed by atoms with van der Waals surface area (Å²) in [6.07, 6.45) is 0. The molecule has 3 rings (SSSR count). The van der Waals surface area contributed by atoms with Crippen molar-refractivity contribution in [3.8, 4) is 17.2 Å². The van der Waals surface area contributed by atoms with Crippen LogP contribution >= 0.6 is 0 Å². The summed E-state index contributed by atoms with van der Waals surface area (Å²) < 4.78 is 18.2. The molecule has 0 atom stereocenters. The van der Waals surface area contributed by atoms with E-state index in [1.165, 1.54) is 7.11 Å². The van der Waals surface area contributed by atoms with Crippen LogP contribution < -0.4 is 19.6 Å². The van der Waals surface area contributed by atoms with Gasteiger partial charge in [0.1, 0.15) is 0 Å². The Bertz CT molecular complexity index is 927. The smallest absolute Gasteiger partial charge is 0.205 e. The van der Waals surface area contributed by atoms with E-state index in [2.05, 4.69) is 0 Å². The zero-order valence-corrected chi connectivity index (χ0v) is 13.0. The van der Waals surface area contributed by atoms with Gasteiger partial charge in [0.05, 0.1) is 37.7 Å². The Labute approximate surface area is 127 Å². The molecule has 0 fully saturated rings. The number of ether oxygens (including phenoxy) is 3. The number of aromatic nitrogens is 1. The van der Waals surface area contributed by atoms with Gasteiger partial charge in [0.25, 0.3) is 0 Å². The van der Waals surface area contributed by atoms with Gasteiger partial charge < -0.3 is 18.8 Å². The first-order valence-electron chi connectivity index (χ1n) is 6.84. The van der Waals surface area contributed by atoms with Crippen molar-refractivity contribution >= 4 is 21.8 Å². The van der Waals surface area contributed by atoms with Crippen molar-refractivity contribution in [2.75, 3.05) is 21.3 Å². The van der Waals surface area contributed by atoms with Gasteiger partial charge in [-0.05, 0) is 18.2 Å². The molecule has 0 aliphatic carbocycles. The molecular weight excluding hydrogens is 282 g/mol. The van der Waals surface area contributed by atoms with Crippen molar-refractivity contribution < 1.29 is 14.2 Å². The second-order valence-electron chi connectivity index (χ2n) is 4.95. The molecule has 3 aromatic rings. The molecule has 0 unspecified atom stereocenters. The molecule has 0 saturated carbocycles. The van der Waals surface area contributed by atoms with Crippen LogP contribution in [0.25, 0.3) is 21.8 Å². The van der Waals surface area contributed by atoms with Crippen molar-refractivity contribution in [1.82, 2.24) is 4.57 Å². The first kappa shape index (κ1) is 14.3. The van der Waals surface area contributed by atoms with Crippen molar-refractivity contribution in [3.05, 3.63) is 40.6 Å². The van der Waals surface area contributed by atoms with Crippen LogP contribution in [-0.2, 0) is 7.05 Å². The molecule has 2 aromatic carbocycles. The second kappa shape index (κ2) is 5.26. The van der Waals surface area contributed by atoms with E-state index in [-0.39, 0.29) is 5.43 Å². The van der Waals surface area contributed by atoms with Gasteiger partial charge in [-0.2, -0.15) is 0 Å². The SMILES string of the molecule is COc1cc2c(=O)c3ccccc3n(C)c2c(OC)c1OC. The van der Waals surface area contributed by atoms with Crippen LogP contribution in [0.5, 0.6) is 17.2 Å². The number of hydrogen-bond acceptors (Lipinski definition) is 4. The third-order valence-corrected chi connectivity index (χ3v) is 3.89. The summed E-state index contributed by atoms with van der Waals surface area (Å²) in [6, 6.07) is 9.19. The maximum atomic E-state index is 12.8. The Hall–Kier alpha value is -2.69. The van der Waals surface area contributed by atoms with Gasteiger partial charge in [-0.15, -0.1) is 0 Å². The largest absolute Gasteiger partial charge is 0.493 e. The van der Waals surface area contributed by atoms with E-state index in [4.69, 9.17) is 14.2 Å². The van der Waals surface area contributed by atoms with Crippen LogP contribution in [0.3, 0.4) is 0 Å². The molecule has 1 heterocycles. The summed E-state index contributed by atoms with van der Waals surface area (Å²) >= 11 is 0. The van der Waals surface area contributed by atoms with Gasteiger partial charge in [-0.3, -0.25) is 4.79 Å². The number of aryl methyl sites for hydroxylation is 1. The van der Waals surface area contributed by atoms with E-state index in [1.54, 1.807) is 20.3 Å². The van der Waals surface area contributed by atoms with Crippen LogP contribution in [0.1, 0.15) is 0 Å². The van der Waals surface area contributed by atoms with E-state index in [0.717, 1.165) is 5.52 Å². The van der Waals surface area contributed by atoms with Gasteiger partial charge in [0, 0.05) is 12.4 Å². The molecule has 22 heavy (non-hydrogen) atoms. The van der Waals surface area contributed by atoms with Gasteiger partial charge in [-0.25, -0.2) is 0 Å². The third kappa shape index (κ3) is 1.82. The lowest BCUT2D eigenvalue weighted by molar-refractivity contribution is 0.326. The molecule has 5 heteroatoms. The number of para-hydroxylation sites is 1. The number of nitrogens with zero attached hydrogens (tertiary/aromatic N) is 1. The molecule has 0 bridgehead atoms. The van der Waals surface area contributed by atoms with Crippen molar-refractivity contribution in [2.24, 2.45) is 7.05 Å². The quantitative estimate of drug-likeness (QED) is 0.698. The lowest BCUT2D eigenvalue weighted by Gasteiger charge is -2.18. The highest BCUT2D eigenvalue weighted by Gasteiger charge is 2.20. The molecule has 0 N–H and O–H groups in total. The first-order valence-corrected chi connectivity index (χ1v) is 6.84. The van der Waals surface area contributed by atoms with Crippen LogP contribution in [0.2, 0.25) is 0 Å². The Morgan fingerprint density at radius 1 is 0.909 bits per heavy atom. The highest BCUT2D eigenvalue weighted by atomic mass is 16.5. The number of pyridine rings is 1. The lowest BCUT2D eigenvalue weighted by Crippen LogP contribution is -2.11. The Balaban J connectivity index is 2.64. The Morgan fingerprint density at radius 3 is 2.23 bits per heavy atom. The molecule has 1 aromatic heterocycles. The summed E-state index contributed by atoms with van der Waals surface area (Å²) in [5.74, 6) is 1.43. The highest BCUT2D eigenvalue weighted by Crippen LogP contribution is 2.42. The average molecular weight is 299 g/mol. The number of rotatable bonds is 3. The topological polar surface area (TPSA) is 49.7 Å². The summed E-state index contributed by atoms with van der Waals surface area (Å²) in [5.41, 5.74) is 1.47. The van der Waals surface area contributed by atoms with Crippen molar-refractivity contribution in [3.63, 3.8) is 0 Å². The standard InChI is InChI=1S/C17H17NO4/c1-18-12-8-6-5-7-10(12)15(19)11-9-13(20-2)16(21-3)17(22-4)14(11)18/h5-9H,1-4H3. The highest BCUT2D eigenvalue weighted by molar-refractivity contribution is 5.98. The van der Waals surface area contributed by atoms with Gasteiger partial charge in [0.15, 0.2) is 16.9 Å². The van der Waals surface area contributed by atoms with Crippen LogP contribution in [0, 0.1) is 0 Å². The van der Waals surface area contributed by atoms with Gasteiger partial charge in [-0.1, -0.05) is 12.1 Å². The Morgan fingerprint density at radius 2 is 1.59 bits per heavy atom. The predicted octanol–water partition coefficient (Wildman–Crippen LogP) is 2.72. The summed E-state index contributed by atoms with van der Waals surface area (Å²) in [4.78, 5) is 12.8. The average Bonchev–Trinajstić information content (AvgIpc) is 2.57. The zero-order valence-electron chi connectivity index (χ0n) is 13.0. The number of fused-ring (bicyclic) bond motifs is 2. The fourth-order valence-electron chi connectivity index (χ4n) is 2.87. The summed E-state index contributed by atoms with van der Waals surface area (Å²) in [6.45, 7) is 0. The van der Waals surface area contributed by atoms with E-state index in [0.29, 0.717) is 33.5 Å². The third-order valence-electron chi connectivity index (χ3n) is 3.89. The maximum Gasteiger partial charge on any atom is 0.205 e. The maximum absolute atomic E-state index is 12.8. The zero-order chi connectivity index (χ0) is 15.9. The molecular formula is C17H17NO4. The van der Waals surface area contributed by atoms with Crippen molar-refractivity contribution in [1.29, 1.82) is 0 Å². The summed E-state index contributed by atoms with van der Waals surface area (Å²) in [7, 11) is 6.54. The van der Waals surface area contributed by atoms with Gasteiger partial charge >= 0.3 is 0 Å². The monoisotopic (exact) mass is 299 g/mol. The molecule has 0 radical (unpaired) electrons. The van der Waals surface area contributed by atoms with Crippen molar-refractivity contribution in [2.45, 2.75) is 0 Å². The van der Waals surface area contributed by atoms with Gasteiger partial charge in [0.2, 0.25) is 5.75 Å².